The summed E-state index contributed by atoms with van der Waals surface area (Å²) in [5.41, 5.74) is 0.980. The van der Waals surface area contributed by atoms with Crippen LogP contribution < -0.4 is 4.90 Å². The molecule has 1 aromatic rings. The van der Waals surface area contributed by atoms with Gasteiger partial charge in [0.25, 0.3) is 0 Å². The Kier molecular flexibility index (Phi) is 4.22. The second-order valence-corrected chi connectivity index (χ2v) is 6.69. The minimum absolute atomic E-state index is 0.0418. The van der Waals surface area contributed by atoms with E-state index in [0.717, 1.165) is 50.6 Å². The molecule has 7 heteroatoms. The van der Waals surface area contributed by atoms with Crippen LogP contribution in [0.2, 0.25) is 5.28 Å². The molecule has 0 unspecified atom stereocenters. The highest BCUT2D eigenvalue weighted by atomic mass is 35.5. The van der Waals surface area contributed by atoms with E-state index in [4.69, 9.17) is 11.6 Å². The summed E-state index contributed by atoms with van der Waals surface area (Å²) < 4.78 is 0. The summed E-state index contributed by atoms with van der Waals surface area (Å²) in [6.07, 6.45) is 2.32. The minimum Gasteiger partial charge on any atom is -0.352 e. The Hall–Kier alpha value is -1.42. The highest BCUT2D eigenvalue weighted by Crippen LogP contribution is 2.36. The Balaban J connectivity index is 1.74. The van der Waals surface area contributed by atoms with Gasteiger partial charge >= 0.3 is 0 Å². The first-order valence-corrected chi connectivity index (χ1v) is 7.96. The van der Waals surface area contributed by atoms with E-state index >= 15 is 0 Å². The van der Waals surface area contributed by atoms with Crippen molar-refractivity contribution in [3.63, 3.8) is 0 Å². The molecule has 0 spiro atoms. The Labute approximate surface area is 136 Å². The second-order valence-electron chi connectivity index (χ2n) is 6.35. The monoisotopic (exact) mass is 320 g/mol. The van der Waals surface area contributed by atoms with Gasteiger partial charge in [-0.05, 0) is 25.6 Å². The zero-order valence-electron chi connectivity index (χ0n) is 13.1. The molecule has 6 nitrogen and oxygen atoms in total. The SMILES string of the molecule is Cc1cnc(Cl)nc1N1CC(CC#N)(N2CCN(C)CC2)C1. The van der Waals surface area contributed by atoms with Crippen LogP contribution >= 0.6 is 11.6 Å². The molecule has 0 N–H and O–H groups in total. The van der Waals surface area contributed by atoms with E-state index in [-0.39, 0.29) is 10.8 Å². The Bertz CT molecular complexity index is 584. The molecular weight excluding hydrogens is 300 g/mol. The molecule has 2 saturated heterocycles. The van der Waals surface area contributed by atoms with E-state index in [2.05, 4.69) is 37.8 Å². The lowest BCUT2D eigenvalue weighted by Gasteiger charge is -2.57. The summed E-state index contributed by atoms with van der Waals surface area (Å²) >= 11 is 5.92. The van der Waals surface area contributed by atoms with Crippen LogP contribution in [-0.2, 0) is 0 Å². The van der Waals surface area contributed by atoms with Gasteiger partial charge in [-0.15, -0.1) is 0 Å². The first-order valence-electron chi connectivity index (χ1n) is 7.59. The Morgan fingerprint density at radius 1 is 1.32 bits per heavy atom. The molecule has 0 aliphatic carbocycles. The van der Waals surface area contributed by atoms with Crippen molar-refractivity contribution < 1.29 is 0 Å². The first-order chi connectivity index (χ1) is 10.5. The van der Waals surface area contributed by atoms with Gasteiger partial charge in [0.1, 0.15) is 5.82 Å². The Morgan fingerprint density at radius 3 is 2.64 bits per heavy atom. The van der Waals surface area contributed by atoms with Gasteiger partial charge < -0.3 is 9.80 Å². The van der Waals surface area contributed by atoms with Crippen molar-refractivity contribution in [2.75, 3.05) is 51.2 Å². The van der Waals surface area contributed by atoms with Gasteiger partial charge in [0.05, 0.1) is 18.0 Å². The summed E-state index contributed by atoms with van der Waals surface area (Å²) in [4.78, 5) is 15.4. The molecule has 1 aromatic heterocycles. The van der Waals surface area contributed by atoms with Crippen molar-refractivity contribution >= 4 is 17.4 Å². The molecule has 2 fully saturated rings. The van der Waals surface area contributed by atoms with Crippen molar-refractivity contribution in [1.29, 1.82) is 5.26 Å². The summed E-state index contributed by atoms with van der Waals surface area (Å²) in [5, 5.41) is 9.53. The second kappa shape index (κ2) is 5.99. The van der Waals surface area contributed by atoms with Gasteiger partial charge in [-0.3, -0.25) is 4.90 Å². The summed E-state index contributed by atoms with van der Waals surface area (Å²) in [6, 6.07) is 2.38. The molecular formula is C15H21ClN6. The maximum Gasteiger partial charge on any atom is 0.224 e. The summed E-state index contributed by atoms with van der Waals surface area (Å²) in [5.74, 6) is 0.891. The molecule has 0 aromatic carbocycles. The van der Waals surface area contributed by atoms with Crippen LogP contribution in [0.1, 0.15) is 12.0 Å². The molecule has 0 bridgehead atoms. The number of hydrogen-bond donors (Lipinski definition) is 0. The smallest absolute Gasteiger partial charge is 0.224 e. The van der Waals surface area contributed by atoms with Gasteiger partial charge in [-0.25, -0.2) is 9.97 Å². The normalized spacial score (nSPS) is 22.2. The fraction of sp³-hybridized carbons (Fsp3) is 0.667. The third-order valence-electron chi connectivity index (χ3n) is 4.77. The fourth-order valence-corrected chi connectivity index (χ4v) is 3.53. The van der Waals surface area contributed by atoms with Crippen molar-refractivity contribution in [3.8, 4) is 6.07 Å². The molecule has 22 heavy (non-hydrogen) atoms. The number of hydrogen-bond acceptors (Lipinski definition) is 6. The topological polar surface area (TPSA) is 59.3 Å². The van der Waals surface area contributed by atoms with Gasteiger partial charge in [0.2, 0.25) is 5.28 Å². The van der Waals surface area contributed by atoms with Gasteiger partial charge in [-0.2, -0.15) is 5.26 Å². The van der Waals surface area contributed by atoms with E-state index < -0.39 is 0 Å². The highest BCUT2D eigenvalue weighted by molar-refractivity contribution is 6.28. The Morgan fingerprint density at radius 2 is 2.00 bits per heavy atom. The zero-order valence-corrected chi connectivity index (χ0v) is 13.8. The summed E-state index contributed by atoms with van der Waals surface area (Å²) in [7, 11) is 2.15. The quantitative estimate of drug-likeness (QED) is 0.779. The maximum atomic E-state index is 9.25. The number of likely N-dealkylation sites (N-methyl/N-ethyl adjacent to an activating group) is 1. The predicted octanol–water partition coefficient (Wildman–Crippen LogP) is 1.16. The van der Waals surface area contributed by atoms with Crippen LogP contribution in [0.15, 0.2) is 6.20 Å². The van der Waals surface area contributed by atoms with E-state index in [1.165, 1.54) is 0 Å². The number of aromatic nitrogens is 2. The number of piperazine rings is 1. The molecule has 3 heterocycles. The van der Waals surface area contributed by atoms with Crippen molar-refractivity contribution in [1.82, 2.24) is 19.8 Å². The average molecular weight is 321 g/mol. The number of nitriles is 1. The van der Waals surface area contributed by atoms with Crippen molar-refractivity contribution in [3.05, 3.63) is 17.0 Å². The third kappa shape index (κ3) is 2.76. The third-order valence-corrected chi connectivity index (χ3v) is 4.95. The van der Waals surface area contributed by atoms with Crippen LogP contribution in [0, 0.1) is 18.3 Å². The standard InChI is InChI=1S/C15H21ClN6/c1-12-9-18-14(16)19-13(12)21-10-15(11-21,3-4-17)22-7-5-20(2)6-8-22/h9H,3,5-8,10-11H2,1-2H3. The van der Waals surface area contributed by atoms with Gasteiger partial charge in [0, 0.05) is 51.0 Å². The van der Waals surface area contributed by atoms with Gasteiger partial charge in [-0.1, -0.05) is 0 Å². The predicted molar refractivity (Wildman–Crippen MR) is 86.0 cm³/mol. The van der Waals surface area contributed by atoms with Crippen LogP contribution in [0.3, 0.4) is 0 Å². The molecule has 0 amide bonds. The minimum atomic E-state index is -0.0418. The molecule has 118 valence electrons. The lowest BCUT2D eigenvalue weighted by molar-refractivity contribution is 0.0218. The maximum absolute atomic E-state index is 9.25. The first kappa shape index (κ1) is 15.5. The number of nitrogens with zero attached hydrogens (tertiary/aromatic N) is 6. The van der Waals surface area contributed by atoms with E-state index in [9.17, 15) is 5.26 Å². The molecule has 2 aliphatic heterocycles. The lowest BCUT2D eigenvalue weighted by Crippen LogP contribution is -2.72. The number of rotatable bonds is 3. The van der Waals surface area contributed by atoms with E-state index in [1.807, 2.05) is 6.92 Å². The van der Waals surface area contributed by atoms with Crippen LogP contribution in [-0.4, -0.2) is 71.6 Å². The average Bonchev–Trinajstić information content (AvgIpc) is 2.46. The number of halogens is 1. The largest absolute Gasteiger partial charge is 0.352 e. The number of aryl methyl sites for hydroxylation is 1. The molecule has 0 atom stereocenters. The van der Waals surface area contributed by atoms with Gasteiger partial charge in [0.15, 0.2) is 0 Å². The van der Waals surface area contributed by atoms with Crippen LogP contribution in [0.25, 0.3) is 0 Å². The molecule has 0 radical (unpaired) electrons. The zero-order chi connectivity index (χ0) is 15.7. The van der Waals surface area contributed by atoms with Crippen molar-refractivity contribution in [2.45, 2.75) is 18.9 Å². The summed E-state index contributed by atoms with van der Waals surface area (Å²) in [6.45, 7) is 7.82. The van der Waals surface area contributed by atoms with Crippen LogP contribution in [0.4, 0.5) is 5.82 Å². The van der Waals surface area contributed by atoms with E-state index in [1.54, 1.807) is 6.20 Å². The van der Waals surface area contributed by atoms with E-state index in [0.29, 0.717) is 6.42 Å². The molecule has 3 rings (SSSR count). The highest BCUT2D eigenvalue weighted by Gasteiger charge is 2.48. The fourth-order valence-electron chi connectivity index (χ4n) is 3.40. The number of anilines is 1. The molecule has 0 saturated carbocycles. The van der Waals surface area contributed by atoms with Crippen LogP contribution in [0.5, 0.6) is 0 Å². The van der Waals surface area contributed by atoms with Crippen molar-refractivity contribution in [2.24, 2.45) is 0 Å². The molecule has 2 aliphatic rings. The lowest BCUT2D eigenvalue weighted by atomic mass is 9.84.